The fourth-order valence-electron chi connectivity index (χ4n) is 1.60. The molecule has 0 unspecified atom stereocenters. The van der Waals surface area contributed by atoms with Crippen LogP contribution < -0.4 is 16.0 Å². The number of carbonyl (C=O) groups is 5. The molecule has 23 heavy (non-hydrogen) atoms. The van der Waals surface area contributed by atoms with Gasteiger partial charge in [0.15, 0.2) is 0 Å². The van der Waals surface area contributed by atoms with Crippen LogP contribution in [0.4, 0.5) is 0 Å². The van der Waals surface area contributed by atoms with Gasteiger partial charge >= 0.3 is 5.97 Å². The Bertz CT molecular complexity index is 450. The largest absolute Gasteiger partial charge is 0.481 e. The van der Waals surface area contributed by atoms with E-state index in [1.54, 1.807) is 13.8 Å². The Balaban J connectivity index is 3.98. The van der Waals surface area contributed by atoms with Gasteiger partial charge in [0.05, 0.1) is 12.6 Å². The van der Waals surface area contributed by atoms with Crippen molar-refractivity contribution in [3.63, 3.8) is 0 Å². The van der Waals surface area contributed by atoms with Crippen LogP contribution in [-0.4, -0.2) is 53.7 Å². The van der Waals surface area contributed by atoms with Gasteiger partial charge in [-0.2, -0.15) is 0 Å². The molecule has 1 atom stereocenters. The van der Waals surface area contributed by atoms with E-state index >= 15 is 0 Å². The molecule has 0 fully saturated rings. The third-order valence-electron chi connectivity index (χ3n) is 2.65. The second kappa shape index (κ2) is 11.2. The zero-order chi connectivity index (χ0) is 17.8. The summed E-state index contributed by atoms with van der Waals surface area (Å²) in [5.74, 6) is -2.40. The molecule has 9 nitrogen and oxygen atoms in total. The lowest BCUT2D eigenvalue weighted by Gasteiger charge is -2.12. The summed E-state index contributed by atoms with van der Waals surface area (Å²) in [6.45, 7) is 3.26. The Labute approximate surface area is 134 Å². The van der Waals surface area contributed by atoms with E-state index in [-0.39, 0.29) is 44.2 Å². The molecule has 0 saturated heterocycles. The number of aliphatic carboxylic acids is 1. The van der Waals surface area contributed by atoms with Crippen molar-refractivity contribution in [3.05, 3.63) is 0 Å². The fourth-order valence-corrected chi connectivity index (χ4v) is 1.60. The van der Waals surface area contributed by atoms with Crippen molar-refractivity contribution >= 4 is 30.0 Å². The fraction of sp³-hybridized carbons (Fsp3) is 0.643. The van der Waals surface area contributed by atoms with E-state index in [2.05, 4.69) is 16.0 Å². The maximum atomic E-state index is 11.5. The van der Waals surface area contributed by atoms with E-state index in [0.717, 1.165) is 0 Å². The smallest absolute Gasteiger partial charge is 0.303 e. The van der Waals surface area contributed by atoms with Crippen molar-refractivity contribution in [2.75, 3.05) is 6.54 Å². The number of carboxylic acids is 1. The molecule has 3 amide bonds. The summed E-state index contributed by atoms with van der Waals surface area (Å²) < 4.78 is 0. The molecule has 0 aromatic carbocycles. The Morgan fingerprint density at radius 2 is 1.57 bits per heavy atom. The van der Waals surface area contributed by atoms with Gasteiger partial charge in [0.25, 0.3) is 0 Å². The molecule has 0 saturated carbocycles. The number of amides is 3. The van der Waals surface area contributed by atoms with Crippen LogP contribution in [0, 0.1) is 0 Å². The van der Waals surface area contributed by atoms with E-state index in [0.29, 0.717) is 6.29 Å². The van der Waals surface area contributed by atoms with Crippen molar-refractivity contribution in [3.8, 4) is 0 Å². The summed E-state index contributed by atoms with van der Waals surface area (Å²) in [6, 6.07) is -0.922. The predicted molar refractivity (Wildman–Crippen MR) is 80.4 cm³/mol. The molecule has 0 aliphatic heterocycles. The van der Waals surface area contributed by atoms with Gasteiger partial charge in [-0.15, -0.1) is 0 Å². The van der Waals surface area contributed by atoms with Crippen LogP contribution in [0.15, 0.2) is 0 Å². The van der Waals surface area contributed by atoms with E-state index in [9.17, 15) is 24.0 Å². The van der Waals surface area contributed by atoms with Gasteiger partial charge < -0.3 is 25.9 Å². The number of rotatable bonds is 11. The van der Waals surface area contributed by atoms with Crippen molar-refractivity contribution in [1.82, 2.24) is 16.0 Å². The van der Waals surface area contributed by atoms with Crippen LogP contribution in [0.2, 0.25) is 0 Å². The maximum absolute atomic E-state index is 11.5. The molecule has 0 bridgehead atoms. The van der Waals surface area contributed by atoms with Crippen molar-refractivity contribution < 1.29 is 29.1 Å². The second-order valence-corrected chi connectivity index (χ2v) is 5.24. The number of hydrogen-bond donors (Lipinski definition) is 4. The SMILES string of the molecule is CC(C)NC(=O)CCC(=O)NCC(=O)N[C@H](C=O)CCC(=O)O. The number of hydrogen-bond acceptors (Lipinski definition) is 5. The lowest BCUT2D eigenvalue weighted by atomic mass is 10.2. The van der Waals surface area contributed by atoms with Crippen molar-refractivity contribution in [2.45, 2.75) is 51.6 Å². The summed E-state index contributed by atoms with van der Waals surface area (Å²) in [6.07, 6.45) is 0.136. The summed E-state index contributed by atoms with van der Waals surface area (Å²) >= 11 is 0. The van der Waals surface area contributed by atoms with Crippen LogP contribution in [0.5, 0.6) is 0 Å². The predicted octanol–water partition coefficient (Wildman–Crippen LogP) is -1.04. The summed E-state index contributed by atoms with van der Waals surface area (Å²) in [7, 11) is 0. The first-order valence-corrected chi connectivity index (χ1v) is 7.27. The number of nitrogens with one attached hydrogen (secondary N) is 3. The lowest BCUT2D eigenvalue weighted by molar-refractivity contribution is -0.137. The molecule has 4 N–H and O–H groups in total. The van der Waals surface area contributed by atoms with E-state index in [1.165, 1.54) is 0 Å². The molecule has 0 aromatic rings. The standard InChI is InChI=1S/C14H23N3O6/c1-9(2)16-12(20)5-4-11(19)15-7-13(21)17-10(8-18)3-6-14(22)23/h8-10H,3-7H2,1-2H3,(H,15,19)(H,16,20)(H,17,21)(H,22,23)/t10-/m0/s1. The molecule has 0 radical (unpaired) electrons. The number of carbonyl (C=O) groups excluding carboxylic acids is 4. The van der Waals surface area contributed by atoms with Crippen molar-refractivity contribution in [2.24, 2.45) is 0 Å². The summed E-state index contributed by atoms with van der Waals surface area (Å²) in [5.41, 5.74) is 0. The molecule has 0 aliphatic carbocycles. The Morgan fingerprint density at radius 1 is 0.957 bits per heavy atom. The molecular formula is C14H23N3O6. The van der Waals surface area contributed by atoms with E-state index in [1.807, 2.05) is 0 Å². The maximum Gasteiger partial charge on any atom is 0.303 e. The Kier molecular flexibility index (Phi) is 9.97. The van der Waals surface area contributed by atoms with Gasteiger partial charge in [0.1, 0.15) is 6.29 Å². The highest BCUT2D eigenvalue weighted by Crippen LogP contribution is 1.95. The van der Waals surface area contributed by atoms with Crippen LogP contribution in [0.1, 0.15) is 39.5 Å². The molecule has 0 aromatic heterocycles. The minimum atomic E-state index is -1.07. The van der Waals surface area contributed by atoms with Crippen LogP contribution >= 0.6 is 0 Å². The van der Waals surface area contributed by atoms with Gasteiger partial charge in [-0.25, -0.2) is 0 Å². The van der Waals surface area contributed by atoms with Gasteiger partial charge in [-0.05, 0) is 20.3 Å². The Morgan fingerprint density at radius 3 is 2.09 bits per heavy atom. The summed E-state index contributed by atoms with van der Waals surface area (Å²) in [5, 5.41) is 15.8. The Hall–Kier alpha value is -2.45. The minimum absolute atomic E-state index is 0.0117. The minimum Gasteiger partial charge on any atom is -0.481 e. The first-order chi connectivity index (χ1) is 10.7. The zero-order valence-corrected chi connectivity index (χ0v) is 13.3. The molecular weight excluding hydrogens is 306 g/mol. The molecule has 0 spiro atoms. The third kappa shape index (κ3) is 11.8. The third-order valence-corrected chi connectivity index (χ3v) is 2.65. The normalized spacial score (nSPS) is 11.4. The highest BCUT2D eigenvalue weighted by molar-refractivity contribution is 5.88. The van der Waals surface area contributed by atoms with Crippen LogP contribution in [-0.2, 0) is 24.0 Å². The molecule has 0 aliphatic rings. The van der Waals surface area contributed by atoms with Gasteiger partial charge in [-0.3, -0.25) is 19.2 Å². The number of aldehydes is 1. The molecule has 0 rings (SSSR count). The first kappa shape index (κ1) is 20.6. The molecule has 9 heteroatoms. The summed E-state index contributed by atoms with van der Waals surface area (Å²) in [4.78, 5) is 55.5. The average Bonchev–Trinajstić information content (AvgIpc) is 2.46. The monoisotopic (exact) mass is 329 g/mol. The van der Waals surface area contributed by atoms with E-state index < -0.39 is 23.8 Å². The average molecular weight is 329 g/mol. The molecule has 130 valence electrons. The van der Waals surface area contributed by atoms with Crippen LogP contribution in [0.25, 0.3) is 0 Å². The quantitative estimate of drug-likeness (QED) is 0.357. The number of carboxylic acid groups (broad SMARTS) is 1. The highest BCUT2D eigenvalue weighted by Gasteiger charge is 2.14. The first-order valence-electron chi connectivity index (χ1n) is 7.27. The second-order valence-electron chi connectivity index (χ2n) is 5.24. The van der Waals surface area contributed by atoms with Crippen molar-refractivity contribution in [1.29, 1.82) is 0 Å². The zero-order valence-electron chi connectivity index (χ0n) is 13.3. The van der Waals surface area contributed by atoms with Gasteiger partial charge in [0, 0.05) is 25.3 Å². The lowest BCUT2D eigenvalue weighted by Crippen LogP contribution is -2.43. The topological polar surface area (TPSA) is 142 Å². The highest BCUT2D eigenvalue weighted by atomic mass is 16.4. The molecule has 0 heterocycles. The van der Waals surface area contributed by atoms with Crippen LogP contribution in [0.3, 0.4) is 0 Å². The van der Waals surface area contributed by atoms with Gasteiger partial charge in [0.2, 0.25) is 17.7 Å². The van der Waals surface area contributed by atoms with Gasteiger partial charge in [-0.1, -0.05) is 0 Å². The van der Waals surface area contributed by atoms with E-state index in [4.69, 9.17) is 5.11 Å².